The van der Waals surface area contributed by atoms with Crippen molar-refractivity contribution in [3.8, 4) is 11.5 Å². The molecule has 0 aliphatic heterocycles. The number of carbonyl (C=O) groups excluding carboxylic acids is 1. The number of hydrogen-bond donors (Lipinski definition) is 0. The Bertz CT molecular complexity index is 912. The zero-order valence-corrected chi connectivity index (χ0v) is 16.9. The first-order chi connectivity index (χ1) is 13.1. The van der Waals surface area contributed by atoms with E-state index in [1.807, 2.05) is 31.2 Å². The molecule has 0 amide bonds. The summed E-state index contributed by atoms with van der Waals surface area (Å²) >= 11 is 1.60. The van der Waals surface area contributed by atoms with Gasteiger partial charge in [0.05, 0.1) is 11.4 Å². The molecule has 3 aromatic rings. The highest BCUT2D eigenvalue weighted by molar-refractivity contribution is 7.99. The highest BCUT2D eigenvalue weighted by atomic mass is 32.2. The summed E-state index contributed by atoms with van der Waals surface area (Å²) in [5.74, 6) is 2.89. The lowest BCUT2D eigenvalue weighted by atomic mass is 10.0. The molecule has 140 valence electrons. The van der Waals surface area contributed by atoms with Crippen molar-refractivity contribution in [2.45, 2.75) is 39.4 Å². The molecule has 0 bridgehead atoms. The average molecular weight is 380 g/mol. The van der Waals surface area contributed by atoms with Crippen LogP contribution in [0.15, 0.2) is 52.9 Å². The van der Waals surface area contributed by atoms with Gasteiger partial charge in [0, 0.05) is 17.7 Å². The van der Waals surface area contributed by atoms with Gasteiger partial charge in [0.15, 0.2) is 0 Å². The molecule has 2 aromatic carbocycles. The third-order valence-electron chi connectivity index (χ3n) is 4.58. The molecule has 0 aliphatic carbocycles. The lowest BCUT2D eigenvalue weighted by Crippen LogP contribution is -2.08. The number of ketones is 1. The predicted octanol–water partition coefficient (Wildman–Crippen LogP) is 5.57. The average Bonchev–Trinajstić information content (AvgIpc) is 3.03. The van der Waals surface area contributed by atoms with E-state index in [2.05, 4.69) is 43.1 Å². The van der Waals surface area contributed by atoms with Gasteiger partial charge in [-0.1, -0.05) is 48.9 Å². The van der Waals surface area contributed by atoms with Gasteiger partial charge in [0.2, 0.25) is 5.89 Å². The first-order valence-corrected chi connectivity index (χ1v) is 10.4. The maximum Gasteiger partial charge on any atom is 0.226 e. The first kappa shape index (κ1) is 19.4. The molecule has 0 radical (unpaired) electrons. The number of benzene rings is 2. The summed E-state index contributed by atoms with van der Waals surface area (Å²) in [4.78, 5) is 17.0. The minimum atomic E-state index is 0.251. The maximum absolute atomic E-state index is 12.3. The van der Waals surface area contributed by atoms with Crippen LogP contribution in [0.3, 0.4) is 0 Å². The highest BCUT2D eigenvalue weighted by Gasteiger charge is 2.13. The van der Waals surface area contributed by atoms with E-state index in [4.69, 9.17) is 4.42 Å². The number of oxazole rings is 1. The van der Waals surface area contributed by atoms with Crippen molar-refractivity contribution < 1.29 is 9.21 Å². The van der Waals surface area contributed by atoms with Crippen molar-refractivity contribution in [2.24, 2.45) is 0 Å². The Kier molecular flexibility index (Phi) is 6.51. The van der Waals surface area contributed by atoms with Crippen molar-refractivity contribution in [3.05, 3.63) is 76.7 Å². The Morgan fingerprint density at radius 2 is 1.74 bits per heavy atom. The van der Waals surface area contributed by atoms with Crippen LogP contribution in [0.2, 0.25) is 0 Å². The molecule has 4 heteroatoms. The van der Waals surface area contributed by atoms with Gasteiger partial charge in [-0.15, -0.1) is 11.8 Å². The van der Waals surface area contributed by atoms with E-state index in [1.165, 1.54) is 11.1 Å². The fraction of sp³-hybridized carbons (Fsp3) is 0.304. The van der Waals surface area contributed by atoms with E-state index < -0.39 is 0 Å². The summed E-state index contributed by atoms with van der Waals surface area (Å²) < 4.78 is 5.81. The quantitative estimate of drug-likeness (QED) is 0.513. The third-order valence-corrected chi connectivity index (χ3v) is 5.58. The lowest BCUT2D eigenvalue weighted by molar-refractivity contribution is -0.116. The molecule has 0 aliphatic rings. The largest absolute Gasteiger partial charge is 0.441 e. The molecule has 0 spiro atoms. The molecule has 1 aromatic heterocycles. The second-order valence-corrected chi connectivity index (χ2v) is 7.70. The van der Waals surface area contributed by atoms with Crippen LogP contribution in [0.1, 0.15) is 35.1 Å². The van der Waals surface area contributed by atoms with Gasteiger partial charge < -0.3 is 4.42 Å². The number of rotatable bonds is 8. The van der Waals surface area contributed by atoms with Crippen LogP contribution in [-0.2, 0) is 23.4 Å². The molecule has 0 fully saturated rings. The van der Waals surface area contributed by atoms with Gasteiger partial charge in [-0.05, 0) is 43.5 Å². The summed E-state index contributed by atoms with van der Waals surface area (Å²) in [6.07, 6.45) is 1.46. The summed E-state index contributed by atoms with van der Waals surface area (Å²) in [5, 5.41) is 0. The van der Waals surface area contributed by atoms with Crippen LogP contribution in [0.4, 0.5) is 0 Å². The molecule has 1 heterocycles. The second-order valence-electron chi connectivity index (χ2n) is 6.72. The molecule has 3 rings (SSSR count). The molecular weight excluding hydrogens is 354 g/mol. The van der Waals surface area contributed by atoms with Crippen LogP contribution >= 0.6 is 11.8 Å². The van der Waals surface area contributed by atoms with E-state index >= 15 is 0 Å². The minimum absolute atomic E-state index is 0.251. The zero-order chi connectivity index (χ0) is 19.2. The molecular formula is C23H25NO2S. The van der Waals surface area contributed by atoms with E-state index in [0.29, 0.717) is 23.8 Å². The number of hydrogen-bond acceptors (Lipinski definition) is 4. The van der Waals surface area contributed by atoms with E-state index in [9.17, 15) is 4.79 Å². The van der Waals surface area contributed by atoms with E-state index in [-0.39, 0.29) is 5.78 Å². The summed E-state index contributed by atoms with van der Waals surface area (Å²) in [7, 11) is 0. The van der Waals surface area contributed by atoms with Crippen LogP contribution < -0.4 is 0 Å². The van der Waals surface area contributed by atoms with Crippen LogP contribution in [0.5, 0.6) is 0 Å². The fourth-order valence-electron chi connectivity index (χ4n) is 2.98. The number of carbonyl (C=O) groups is 1. The van der Waals surface area contributed by atoms with Gasteiger partial charge in [0.1, 0.15) is 11.5 Å². The lowest BCUT2D eigenvalue weighted by Gasteiger charge is -2.06. The van der Waals surface area contributed by atoms with Crippen molar-refractivity contribution in [3.63, 3.8) is 0 Å². The molecule has 0 saturated carbocycles. The standard InChI is InChI=1S/C23H25NO2S/c1-4-18-7-5-6-8-20(18)13-21(25)14-27-15-22-17(3)26-23(24-22)19-11-9-16(2)10-12-19/h5-12H,4,13-15H2,1-3H3. The van der Waals surface area contributed by atoms with Crippen molar-refractivity contribution >= 4 is 17.5 Å². The third kappa shape index (κ3) is 5.10. The number of thioether (sulfide) groups is 1. The molecule has 0 atom stereocenters. The number of nitrogens with zero attached hydrogens (tertiary/aromatic N) is 1. The molecule has 0 unspecified atom stereocenters. The second kappa shape index (κ2) is 9.05. The Labute approximate surface area is 165 Å². The SMILES string of the molecule is CCc1ccccc1CC(=O)CSCc1nc(-c2ccc(C)cc2)oc1C. The Balaban J connectivity index is 1.56. The maximum atomic E-state index is 12.3. The summed E-state index contributed by atoms with van der Waals surface area (Å²) in [6.45, 7) is 6.11. The Morgan fingerprint density at radius 3 is 2.44 bits per heavy atom. The van der Waals surface area contributed by atoms with Crippen molar-refractivity contribution in [1.82, 2.24) is 4.98 Å². The van der Waals surface area contributed by atoms with E-state index in [1.54, 1.807) is 11.8 Å². The minimum Gasteiger partial charge on any atom is -0.441 e. The van der Waals surface area contributed by atoms with Crippen LogP contribution in [0, 0.1) is 13.8 Å². The normalized spacial score (nSPS) is 10.9. The highest BCUT2D eigenvalue weighted by Crippen LogP contribution is 2.24. The number of aromatic nitrogens is 1. The van der Waals surface area contributed by atoms with Gasteiger partial charge >= 0.3 is 0 Å². The molecule has 27 heavy (non-hydrogen) atoms. The fourth-order valence-corrected chi connectivity index (χ4v) is 3.87. The molecule has 0 N–H and O–H groups in total. The van der Waals surface area contributed by atoms with Gasteiger partial charge in [0.25, 0.3) is 0 Å². The summed E-state index contributed by atoms with van der Waals surface area (Å²) in [5.41, 5.74) is 5.50. The van der Waals surface area contributed by atoms with E-state index in [0.717, 1.165) is 29.0 Å². The first-order valence-electron chi connectivity index (χ1n) is 9.26. The molecule has 3 nitrogen and oxygen atoms in total. The number of aryl methyl sites for hydroxylation is 3. The van der Waals surface area contributed by atoms with Crippen molar-refractivity contribution in [1.29, 1.82) is 0 Å². The Hall–Kier alpha value is -2.33. The van der Waals surface area contributed by atoms with Gasteiger partial charge in [-0.25, -0.2) is 4.98 Å². The zero-order valence-electron chi connectivity index (χ0n) is 16.1. The topological polar surface area (TPSA) is 43.1 Å². The number of Topliss-reactive ketones (excluding diaryl/α,β-unsaturated/α-hetero) is 1. The van der Waals surface area contributed by atoms with Gasteiger partial charge in [-0.3, -0.25) is 4.79 Å². The smallest absolute Gasteiger partial charge is 0.226 e. The van der Waals surface area contributed by atoms with Crippen LogP contribution in [0.25, 0.3) is 11.5 Å². The van der Waals surface area contributed by atoms with Gasteiger partial charge in [-0.2, -0.15) is 0 Å². The molecule has 0 saturated heterocycles. The Morgan fingerprint density at radius 1 is 1.04 bits per heavy atom. The summed E-state index contributed by atoms with van der Waals surface area (Å²) in [6, 6.07) is 16.3. The van der Waals surface area contributed by atoms with Crippen molar-refractivity contribution in [2.75, 3.05) is 5.75 Å². The van der Waals surface area contributed by atoms with Crippen LogP contribution in [-0.4, -0.2) is 16.5 Å². The monoisotopic (exact) mass is 379 g/mol. The predicted molar refractivity (Wildman–Crippen MR) is 112 cm³/mol.